The van der Waals surface area contributed by atoms with E-state index < -0.39 is 0 Å². The zero-order valence-electron chi connectivity index (χ0n) is 8.73. The SMILES string of the molecule is C[C@H]1C[C@H](C(C)(C)C)CC[C@H]1Br. The van der Waals surface area contributed by atoms with Crippen LogP contribution in [0.2, 0.25) is 0 Å². The van der Waals surface area contributed by atoms with Gasteiger partial charge in [-0.25, -0.2) is 0 Å². The molecule has 3 atom stereocenters. The third kappa shape index (κ3) is 2.48. The van der Waals surface area contributed by atoms with Crippen molar-refractivity contribution in [3.63, 3.8) is 0 Å². The van der Waals surface area contributed by atoms with Crippen LogP contribution < -0.4 is 0 Å². The Morgan fingerprint density at radius 3 is 2.17 bits per heavy atom. The van der Waals surface area contributed by atoms with Gasteiger partial charge in [-0.05, 0) is 36.5 Å². The van der Waals surface area contributed by atoms with Crippen LogP contribution in [0.1, 0.15) is 47.0 Å². The van der Waals surface area contributed by atoms with Gasteiger partial charge in [-0.3, -0.25) is 0 Å². The summed E-state index contributed by atoms with van der Waals surface area (Å²) in [5.41, 5.74) is 0.515. The number of alkyl halides is 1. The van der Waals surface area contributed by atoms with Crippen LogP contribution in [0.5, 0.6) is 0 Å². The Hall–Kier alpha value is 0.480. The summed E-state index contributed by atoms with van der Waals surface area (Å²) in [5.74, 6) is 1.80. The lowest BCUT2D eigenvalue weighted by molar-refractivity contribution is 0.153. The van der Waals surface area contributed by atoms with Crippen LogP contribution in [0, 0.1) is 17.3 Å². The van der Waals surface area contributed by atoms with Crippen molar-refractivity contribution in [3.8, 4) is 0 Å². The lowest BCUT2D eigenvalue weighted by Gasteiger charge is -2.38. The summed E-state index contributed by atoms with van der Waals surface area (Å²) in [6.45, 7) is 9.49. The van der Waals surface area contributed by atoms with E-state index in [1.165, 1.54) is 19.3 Å². The summed E-state index contributed by atoms with van der Waals surface area (Å²) in [6, 6.07) is 0. The molecule has 0 aliphatic heterocycles. The Kier molecular flexibility index (Phi) is 3.25. The molecule has 0 aromatic rings. The predicted molar refractivity (Wildman–Crippen MR) is 58.7 cm³/mol. The Balaban J connectivity index is 2.51. The van der Waals surface area contributed by atoms with Crippen molar-refractivity contribution >= 4 is 15.9 Å². The van der Waals surface area contributed by atoms with Crippen molar-refractivity contribution in [1.82, 2.24) is 0 Å². The molecule has 0 spiro atoms. The molecular weight excluding hydrogens is 212 g/mol. The van der Waals surface area contributed by atoms with Gasteiger partial charge in [0.1, 0.15) is 0 Å². The largest absolute Gasteiger partial charge is 0.0888 e. The van der Waals surface area contributed by atoms with Crippen molar-refractivity contribution in [1.29, 1.82) is 0 Å². The second-order valence-corrected chi connectivity index (χ2v) is 6.55. The van der Waals surface area contributed by atoms with Crippen molar-refractivity contribution in [2.75, 3.05) is 0 Å². The van der Waals surface area contributed by atoms with Crippen molar-refractivity contribution in [3.05, 3.63) is 0 Å². The van der Waals surface area contributed by atoms with Crippen LogP contribution in [0.3, 0.4) is 0 Å². The molecule has 1 aliphatic rings. The van der Waals surface area contributed by atoms with E-state index in [2.05, 4.69) is 43.6 Å². The summed E-state index contributed by atoms with van der Waals surface area (Å²) in [4.78, 5) is 0.774. The molecule has 0 heterocycles. The maximum Gasteiger partial charge on any atom is 0.0171 e. The first-order valence-corrected chi connectivity index (χ1v) is 5.97. The molecule has 0 bridgehead atoms. The van der Waals surface area contributed by atoms with Gasteiger partial charge in [0.15, 0.2) is 0 Å². The molecule has 0 saturated heterocycles. The maximum atomic E-state index is 3.75. The summed E-state index contributed by atoms with van der Waals surface area (Å²) in [6.07, 6.45) is 4.17. The molecular formula is C11H21Br. The predicted octanol–water partition coefficient (Wildman–Crippen LogP) is 4.23. The van der Waals surface area contributed by atoms with Crippen LogP contribution in [-0.4, -0.2) is 4.83 Å². The lowest BCUT2D eigenvalue weighted by atomic mass is 9.69. The van der Waals surface area contributed by atoms with Gasteiger partial charge >= 0.3 is 0 Å². The van der Waals surface area contributed by atoms with E-state index in [0.717, 1.165) is 16.7 Å². The van der Waals surface area contributed by atoms with Gasteiger partial charge < -0.3 is 0 Å². The Labute approximate surface area is 85.3 Å². The van der Waals surface area contributed by atoms with Gasteiger partial charge in [0, 0.05) is 4.83 Å². The highest BCUT2D eigenvalue weighted by Gasteiger charge is 2.32. The molecule has 1 aliphatic carbocycles. The van der Waals surface area contributed by atoms with Gasteiger partial charge in [-0.1, -0.05) is 43.6 Å². The number of hydrogen-bond donors (Lipinski definition) is 0. The first kappa shape index (κ1) is 10.6. The Bertz CT molecular complexity index is 146. The van der Waals surface area contributed by atoms with E-state index in [0.29, 0.717) is 5.41 Å². The van der Waals surface area contributed by atoms with Gasteiger partial charge in [0.05, 0.1) is 0 Å². The van der Waals surface area contributed by atoms with E-state index >= 15 is 0 Å². The molecule has 0 aromatic carbocycles. The zero-order valence-corrected chi connectivity index (χ0v) is 10.3. The van der Waals surface area contributed by atoms with Crippen LogP contribution >= 0.6 is 15.9 Å². The molecule has 0 radical (unpaired) electrons. The Morgan fingerprint density at radius 1 is 1.17 bits per heavy atom. The third-order valence-electron chi connectivity index (χ3n) is 3.29. The topological polar surface area (TPSA) is 0 Å². The first-order valence-electron chi connectivity index (χ1n) is 5.05. The van der Waals surface area contributed by atoms with Crippen LogP contribution in [0.15, 0.2) is 0 Å². The third-order valence-corrected chi connectivity index (χ3v) is 4.65. The average molecular weight is 233 g/mol. The fourth-order valence-electron chi connectivity index (χ4n) is 2.15. The summed E-state index contributed by atoms with van der Waals surface area (Å²) in [5, 5.41) is 0. The van der Waals surface area contributed by atoms with Crippen molar-refractivity contribution < 1.29 is 0 Å². The highest BCUT2D eigenvalue weighted by molar-refractivity contribution is 9.09. The second kappa shape index (κ2) is 3.69. The number of hydrogen-bond acceptors (Lipinski definition) is 0. The smallest absolute Gasteiger partial charge is 0.0171 e. The zero-order chi connectivity index (χ0) is 9.35. The van der Waals surface area contributed by atoms with Gasteiger partial charge in [-0.2, -0.15) is 0 Å². The molecule has 1 fully saturated rings. The molecule has 0 amide bonds. The molecule has 12 heavy (non-hydrogen) atoms. The van der Waals surface area contributed by atoms with E-state index in [-0.39, 0.29) is 0 Å². The molecule has 0 nitrogen and oxygen atoms in total. The molecule has 1 heteroatoms. The van der Waals surface area contributed by atoms with Crippen molar-refractivity contribution in [2.45, 2.75) is 51.8 Å². The fraction of sp³-hybridized carbons (Fsp3) is 1.00. The van der Waals surface area contributed by atoms with E-state index in [1.54, 1.807) is 0 Å². The van der Waals surface area contributed by atoms with Gasteiger partial charge in [-0.15, -0.1) is 0 Å². The monoisotopic (exact) mass is 232 g/mol. The molecule has 1 saturated carbocycles. The lowest BCUT2D eigenvalue weighted by Crippen LogP contribution is -2.30. The van der Waals surface area contributed by atoms with Gasteiger partial charge in [0.2, 0.25) is 0 Å². The fourth-order valence-corrected chi connectivity index (χ4v) is 2.63. The van der Waals surface area contributed by atoms with Crippen LogP contribution in [-0.2, 0) is 0 Å². The molecule has 1 rings (SSSR count). The number of halogens is 1. The van der Waals surface area contributed by atoms with Gasteiger partial charge in [0.25, 0.3) is 0 Å². The number of rotatable bonds is 0. The normalized spacial score (nSPS) is 38.2. The minimum atomic E-state index is 0.515. The summed E-state index contributed by atoms with van der Waals surface area (Å²) < 4.78 is 0. The highest BCUT2D eigenvalue weighted by Crippen LogP contribution is 2.42. The Morgan fingerprint density at radius 2 is 1.75 bits per heavy atom. The van der Waals surface area contributed by atoms with E-state index in [4.69, 9.17) is 0 Å². The second-order valence-electron chi connectivity index (χ2n) is 5.37. The van der Waals surface area contributed by atoms with Crippen LogP contribution in [0.4, 0.5) is 0 Å². The van der Waals surface area contributed by atoms with E-state index in [9.17, 15) is 0 Å². The first-order chi connectivity index (χ1) is 5.41. The maximum absolute atomic E-state index is 3.75. The average Bonchev–Trinajstić information content (AvgIpc) is 1.92. The molecule has 72 valence electrons. The van der Waals surface area contributed by atoms with Crippen LogP contribution in [0.25, 0.3) is 0 Å². The van der Waals surface area contributed by atoms with Crippen molar-refractivity contribution in [2.24, 2.45) is 17.3 Å². The molecule has 0 aromatic heterocycles. The minimum absolute atomic E-state index is 0.515. The minimum Gasteiger partial charge on any atom is -0.0888 e. The molecule has 0 N–H and O–H groups in total. The molecule has 0 unspecified atom stereocenters. The standard InChI is InChI=1S/C11H21Br/c1-8-7-9(11(2,3)4)5-6-10(8)12/h8-10H,5-7H2,1-4H3/t8-,9+,10+/m0/s1. The summed E-state index contributed by atoms with van der Waals surface area (Å²) in [7, 11) is 0. The highest BCUT2D eigenvalue weighted by atomic mass is 79.9. The van der Waals surface area contributed by atoms with E-state index in [1.807, 2.05) is 0 Å². The quantitative estimate of drug-likeness (QED) is 0.549. The summed E-state index contributed by atoms with van der Waals surface area (Å²) >= 11 is 3.75.